The van der Waals surface area contributed by atoms with E-state index in [1.165, 1.54) is 11.1 Å². The van der Waals surface area contributed by atoms with Gasteiger partial charge in [0.1, 0.15) is 23.0 Å². The van der Waals surface area contributed by atoms with Crippen molar-refractivity contribution in [1.29, 1.82) is 0 Å². The minimum Gasteiger partial charge on any atom is -0.458 e. The van der Waals surface area contributed by atoms with Gasteiger partial charge in [-0.05, 0) is 52.4 Å². The van der Waals surface area contributed by atoms with Crippen LogP contribution in [0.1, 0.15) is 0 Å². The Morgan fingerprint density at radius 1 is 0.571 bits per heavy atom. The molecule has 2 aliphatic rings. The molecule has 2 aliphatic heterocycles. The average molecular weight is 381 g/mol. The van der Waals surface area contributed by atoms with Gasteiger partial charge in [0.05, 0.1) is 0 Å². The first-order chi connectivity index (χ1) is 13.8. The molecule has 28 heavy (non-hydrogen) atoms. The van der Waals surface area contributed by atoms with Crippen LogP contribution >= 0.6 is 11.6 Å². The van der Waals surface area contributed by atoms with Crippen LogP contribution < -0.4 is 25.9 Å². The van der Waals surface area contributed by atoms with Crippen molar-refractivity contribution in [2.24, 2.45) is 0 Å². The summed E-state index contributed by atoms with van der Waals surface area (Å²) < 4.78 is 12.4. The third-order valence-corrected chi connectivity index (χ3v) is 5.70. The first-order valence-electron chi connectivity index (χ1n) is 9.25. The first kappa shape index (κ1) is 15.9. The molecule has 0 saturated carbocycles. The van der Waals surface area contributed by atoms with Gasteiger partial charge in [-0.25, -0.2) is 0 Å². The van der Waals surface area contributed by atoms with E-state index in [0.717, 1.165) is 39.4 Å². The highest BCUT2D eigenvalue weighted by Gasteiger charge is 2.40. The quantitative estimate of drug-likeness (QED) is 0.384. The largest absolute Gasteiger partial charge is 0.458 e. The third-order valence-electron chi connectivity index (χ3n) is 5.47. The summed E-state index contributed by atoms with van der Waals surface area (Å²) in [4.78, 5) is 0. The van der Waals surface area contributed by atoms with Crippen molar-refractivity contribution < 1.29 is 9.47 Å². The van der Waals surface area contributed by atoms with Crippen LogP contribution in [0.4, 0.5) is 0 Å². The summed E-state index contributed by atoms with van der Waals surface area (Å²) >= 11 is 6.24. The van der Waals surface area contributed by atoms with Gasteiger partial charge >= 0.3 is 0 Å². The van der Waals surface area contributed by atoms with Gasteiger partial charge in [0, 0.05) is 10.5 Å². The maximum Gasteiger partial charge on any atom is 0.260 e. The maximum absolute atomic E-state index is 6.25. The fourth-order valence-corrected chi connectivity index (χ4v) is 4.38. The molecule has 0 saturated heterocycles. The van der Waals surface area contributed by atoms with Gasteiger partial charge in [-0.15, -0.1) is 0 Å². The molecule has 0 aliphatic carbocycles. The molecule has 0 amide bonds. The number of fused-ring (bicyclic) bond motifs is 4. The summed E-state index contributed by atoms with van der Waals surface area (Å²) in [5.74, 6) is 3.37. The van der Waals surface area contributed by atoms with Crippen LogP contribution in [0.25, 0.3) is 11.1 Å². The average Bonchev–Trinajstić information content (AvgIpc) is 2.73. The Balaban J connectivity index is 1.61. The van der Waals surface area contributed by atoms with Crippen LogP contribution in [0.15, 0.2) is 84.9 Å². The standard InChI is InChI=1S/C24H14BClO2/c26-17-10-11-18-23(14-17)28-22-8-4-7-21-24(22)25(18)19-13-16(9-12-20(19)27-21)15-5-2-1-3-6-15/h1-14H. The molecule has 0 bridgehead atoms. The molecule has 4 heteroatoms. The molecule has 0 spiro atoms. The normalized spacial score (nSPS) is 13.0. The van der Waals surface area contributed by atoms with Gasteiger partial charge in [0.25, 0.3) is 6.71 Å². The van der Waals surface area contributed by atoms with E-state index < -0.39 is 0 Å². The van der Waals surface area contributed by atoms with E-state index in [1.54, 1.807) is 0 Å². The van der Waals surface area contributed by atoms with E-state index in [1.807, 2.05) is 36.4 Å². The molecule has 2 heterocycles. The second-order valence-electron chi connectivity index (χ2n) is 7.11. The van der Waals surface area contributed by atoms with E-state index in [2.05, 4.69) is 48.5 Å². The Labute approximate surface area is 168 Å². The molecule has 6 rings (SSSR count). The Morgan fingerprint density at radius 3 is 2.18 bits per heavy atom. The molecular weight excluding hydrogens is 367 g/mol. The number of benzene rings is 4. The number of hydrogen-bond acceptors (Lipinski definition) is 2. The van der Waals surface area contributed by atoms with Crippen molar-refractivity contribution in [3.63, 3.8) is 0 Å². The number of rotatable bonds is 1. The van der Waals surface area contributed by atoms with Crippen molar-refractivity contribution >= 4 is 34.7 Å². The SMILES string of the molecule is Clc1ccc2c(c1)Oc1cccc3c1B2c1cc(-c2ccccc2)ccc1O3. The molecule has 0 fully saturated rings. The van der Waals surface area contributed by atoms with Crippen LogP contribution in [0.2, 0.25) is 5.02 Å². The van der Waals surface area contributed by atoms with E-state index in [4.69, 9.17) is 21.1 Å². The molecule has 0 radical (unpaired) electrons. The molecule has 4 aromatic rings. The summed E-state index contributed by atoms with van der Waals surface area (Å²) in [5, 5.41) is 0.670. The van der Waals surface area contributed by atoms with Crippen LogP contribution in [-0.2, 0) is 0 Å². The minimum absolute atomic E-state index is 0.0552. The van der Waals surface area contributed by atoms with Crippen LogP contribution in [0.5, 0.6) is 23.0 Å². The zero-order valence-electron chi connectivity index (χ0n) is 14.9. The Hall–Kier alpha value is -3.17. The van der Waals surface area contributed by atoms with Crippen molar-refractivity contribution in [1.82, 2.24) is 0 Å². The third kappa shape index (κ3) is 2.30. The van der Waals surface area contributed by atoms with E-state index in [-0.39, 0.29) is 6.71 Å². The highest BCUT2D eigenvalue weighted by atomic mass is 35.5. The molecule has 0 unspecified atom stereocenters. The Bertz CT molecular complexity index is 1240. The van der Waals surface area contributed by atoms with Gasteiger partial charge < -0.3 is 9.47 Å². The maximum atomic E-state index is 6.25. The summed E-state index contributed by atoms with van der Waals surface area (Å²) in [6.07, 6.45) is 0. The fraction of sp³-hybridized carbons (Fsp3) is 0. The highest BCUT2D eigenvalue weighted by Crippen LogP contribution is 2.35. The molecule has 0 aromatic heterocycles. The number of halogens is 1. The topological polar surface area (TPSA) is 18.5 Å². The minimum atomic E-state index is 0.0552. The number of ether oxygens (including phenoxy) is 2. The molecular formula is C24H14BClO2. The zero-order valence-corrected chi connectivity index (χ0v) is 15.6. The molecule has 0 atom stereocenters. The number of hydrogen-bond donors (Lipinski definition) is 0. The predicted molar refractivity (Wildman–Crippen MR) is 115 cm³/mol. The van der Waals surface area contributed by atoms with Gasteiger partial charge in [0.15, 0.2) is 0 Å². The van der Waals surface area contributed by atoms with Crippen LogP contribution in [0.3, 0.4) is 0 Å². The van der Waals surface area contributed by atoms with E-state index >= 15 is 0 Å². The smallest absolute Gasteiger partial charge is 0.260 e. The monoisotopic (exact) mass is 380 g/mol. The lowest BCUT2D eigenvalue weighted by molar-refractivity contribution is 0.464. The highest BCUT2D eigenvalue weighted by molar-refractivity contribution is 6.98. The molecule has 2 nitrogen and oxygen atoms in total. The molecule has 0 N–H and O–H groups in total. The molecule has 4 aromatic carbocycles. The van der Waals surface area contributed by atoms with Gasteiger partial charge in [-0.3, -0.25) is 0 Å². The predicted octanol–water partition coefficient (Wildman–Crippen LogP) is 4.73. The second-order valence-corrected chi connectivity index (χ2v) is 7.54. The second kappa shape index (κ2) is 5.92. The van der Waals surface area contributed by atoms with E-state index in [9.17, 15) is 0 Å². The lowest BCUT2D eigenvalue weighted by Gasteiger charge is -2.33. The lowest BCUT2D eigenvalue weighted by atomic mass is 9.35. The van der Waals surface area contributed by atoms with Crippen LogP contribution in [0, 0.1) is 0 Å². The Morgan fingerprint density at radius 2 is 1.36 bits per heavy atom. The molecule has 132 valence electrons. The van der Waals surface area contributed by atoms with Gasteiger partial charge in [-0.1, -0.05) is 66.2 Å². The zero-order chi connectivity index (χ0) is 18.7. The fourth-order valence-electron chi connectivity index (χ4n) is 4.21. The summed E-state index contributed by atoms with van der Waals surface area (Å²) in [6, 6.07) is 28.7. The van der Waals surface area contributed by atoms with Gasteiger partial charge in [0.2, 0.25) is 0 Å². The van der Waals surface area contributed by atoms with Crippen LogP contribution in [-0.4, -0.2) is 6.71 Å². The summed E-state index contributed by atoms with van der Waals surface area (Å²) in [6.45, 7) is 0.0552. The van der Waals surface area contributed by atoms with Crippen molar-refractivity contribution in [2.75, 3.05) is 0 Å². The van der Waals surface area contributed by atoms with Crippen molar-refractivity contribution in [2.45, 2.75) is 0 Å². The summed E-state index contributed by atoms with van der Waals surface area (Å²) in [7, 11) is 0. The Kier molecular flexibility index (Phi) is 3.35. The lowest BCUT2D eigenvalue weighted by Crippen LogP contribution is -2.57. The first-order valence-corrected chi connectivity index (χ1v) is 9.63. The van der Waals surface area contributed by atoms with Crippen molar-refractivity contribution in [3.05, 3.63) is 90.0 Å². The van der Waals surface area contributed by atoms with E-state index in [0.29, 0.717) is 5.02 Å². The van der Waals surface area contributed by atoms with Crippen molar-refractivity contribution in [3.8, 4) is 34.1 Å². The van der Waals surface area contributed by atoms with Gasteiger partial charge in [-0.2, -0.15) is 0 Å². The summed E-state index contributed by atoms with van der Waals surface area (Å²) in [5.41, 5.74) is 5.70.